The van der Waals surface area contributed by atoms with Crippen molar-refractivity contribution in [2.45, 2.75) is 17.1 Å². The number of rotatable bonds is 5. The molecule has 1 aliphatic heterocycles. The van der Waals surface area contributed by atoms with Gasteiger partial charge in [0.2, 0.25) is 5.91 Å². The van der Waals surface area contributed by atoms with Crippen LogP contribution < -0.4 is 5.32 Å². The summed E-state index contributed by atoms with van der Waals surface area (Å²) in [5.41, 5.74) is 2.54. The average molecular weight is 473 g/mol. The first-order valence-electron chi connectivity index (χ1n) is 9.88. The molecule has 160 valence electrons. The molecule has 31 heavy (non-hydrogen) atoms. The summed E-state index contributed by atoms with van der Waals surface area (Å²) in [4.78, 5) is 18.3. The first kappa shape index (κ1) is 20.4. The third kappa shape index (κ3) is 4.03. The number of aromatic nitrogens is 2. The van der Waals surface area contributed by atoms with Crippen molar-refractivity contribution in [1.29, 1.82) is 0 Å². The lowest BCUT2D eigenvalue weighted by atomic mass is 9.98. The average Bonchev–Trinajstić information content (AvgIpc) is 3.52. The second-order valence-electron chi connectivity index (χ2n) is 7.42. The molecule has 4 aromatic rings. The van der Waals surface area contributed by atoms with Crippen molar-refractivity contribution in [3.05, 3.63) is 59.6 Å². The highest BCUT2D eigenvalue weighted by Gasteiger charge is 2.33. The maximum Gasteiger partial charge on any atom is 0.252 e. The largest absolute Gasteiger partial charge is 0.326 e. The minimum absolute atomic E-state index is 0.152. The Hall–Kier alpha value is -2.53. The Bertz CT molecular complexity index is 1280. The van der Waals surface area contributed by atoms with Crippen molar-refractivity contribution >= 4 is 49.3 Å². The number of benzene rings is 1. The van der Waals surface area contributed by atoms with E-state index in [1.165, 1.54) is 15.6 Å². The first-order chi connectivity index (χ1) is 15.0. The molecule has 1 unspecified atom stereocenters. The van der Waals surface area contributed by atoms with E-state index in [9.17, 15) is 13.2 Å². The number of hydrogen-bond acceptors (Lipinski definition) is 6. The quantitative estimate of drug-likeness (QED) is 0.473. The Morgan fingerprint density at radius 3 is 2.71 bits per heavy atom. The molecule has 4 heterocycles. The summed E-state index contributed by atoms with van der Waals surface area (Å²) >= 11 is 2.78. The Balaban J connectivity index is 1.26. The van der Waals surface area contributed by atoms with E-state index in [4.69, 9.17) is 0 Å². The van der Waals surface area contributed by atoms with Crippen molar-refractivity contribution in [3.63, 3.8) is 0 Å². The van der Waals surface area contributed by atoms with Crippen LogP contribution in [-0.2, 0) is 14.8 Å². The van der Waals surface area contributed by atoms with E-state index in [1.807, 2.05) is 46.4 Å². The van der Waals surface area contributed by atoms with Gasteiger partial charge in [-0.1, -0.05) is 18.2 Å². The fourth-order valence-corrected chi connectivity index (χ4v) is 7.12. The molecule has 0 saturated carbocycles. The van der Waals surface area contributed by atoms with E-state index in [2.05, 4.69) is 10.3 Å². The Morgan fingerprint density at radius 2 is 1.97 bits per heavy atom. The normalized spacial score (nSPS) is 17.7. The molecule has 7 nitrogen and oxygen atoms in total. The minimum Gasteiger partial charge on any atom is -0.326 e. The van der Waals surface area contributed by atoms with Gasteiger partial charge in [-0.15, -0.1) is 22.7 Å². The third-order valence-corrected chi connectivity index (χ3v) is 9.39. The Labute approximate surface area is 188 Å². The smallest absolute Gasteiger partial charge is 0.252 e. The van der Waals surface area contributed by atoms with Crippen LogP contribution in [0.4, 0.5) is 5.69 Å². The zero-order valence-electron chi connectivity index (χ0n) is 16.5. The number of amides is 1. The number of nitrogens with one attached hydrogen (secondary N) is 1. The van der Waals surface area contributed by atoms with Crippen molar-refractivity contribution < 1.29 is 13.2 Å². The summed E-state index contributed by atoms with van der Waals surface area (Å²) in [7, 11) is -3.54. The fourth-order valence-electron chi connectivity index (χ4n) is 3.75. The fraction of sp³-hybridized carbons (Fsp3) is 0.238. The maximum atomic E-state index is 12.8. The van der Waals surface area contributed by atoms with Gasteiger partial charge in [0.25, 0.3) is 10.0 Å². The van der Waals surface area contributed by atoms with Crippen LogP contribution in [0.1, 0.15) is 12.8 Å². The van der Waals surface area contributed by atoms with Gasteiger partial charge in [-0.2, -0.15) is 4.31 Å². The summed E-state index contributed by atoms with van der Waals surface area (Å²) in [6.07, 6.45) is 5.28. The topological polar surface area (TPSA) is 83.8 Å². The van der Waals surface area contributed by atoms with Gasteiger partial charge < -0.3 is 5.32 Å². The van der Waals surface area contributed by atoms with E-state index in [0.29, 0.717) is 29.3 Å². The zero-order chi connectivity index (χ0) is 21.4. The number of thiazole rings is 1. The van der Waals surface area contributed by atoms with E-state index in [0.717, 1.165) is 16.2 Å². The lowest BCUT2D eigenvalue weighted by Crippen LogP contribution is -2.43. The number of sulfonamides is 1. The Morgan fingerprint density at radius 1 is 1.13 bits per heavy atom. The van der Waals surface area contributed by atoms with E-state index >= 15 is 0 Å². The van der Waals surface area contributed by atoms with Crippen LogP contribution in [0, 0.1) is 5.92 Å². The van der Waals surface area contributed by atoms with Gasteiger partial charge in [-0.3, -0.25) is 9.20 Å². The molecule has 10 heteroatoms. The van der Waals surface area contributed by atoms with Gasteiger partial charge in [0, 0.05) is 42.1 Å². The number of hydrogen-bond donors (Lipinski definition) is 1. The van der Waals surface area contributed by atoms with Crippen LogP contribution in [0.5, 0.6) is 0 Å². The number of carbonyl (C=O) groups excluding carboxylic acids is 1. The van der Waals surface area contributed by atoms with E-state index < -0.39 is 10.0 Å². The number of fused-ring (bicyclic) bond motifs is 1. The van der Waals surface area contributed by atoms with Gasteiger partial charge in [0.1, 0.15) is 4.21 Å². The number of imidazole rings is 1. The third-order valence-electron chi connectivity index (χ3n) is 5.39. The SMILES string of the molecule is O=C(Nc1ccc(-c2cn3ccsc3n2)cc1)C1CCCN(S(=O)(=O)c2cccs2)C1. The highest BCUT2D eigenvalue weighted by molar-refractivity contribution is 7.91. The molecule has 5 rings (SSSR count). The maximum absolute atomic E-state index is 12.8. The van der Waals surface area contributed by atoms with Crippen LogP contribution in [0.2, 0.25) is 0 Å². The Kier molecular flexibility index (Phi) is 5.39. The van der Waals surface area contributed by atoms with Crippen LogP contribution in [-0.4, -0.2) is 41.1 Å². The van der Waals surface area contributed by atoms with Gasteiger partial charge in [-0.05, 0) is 36.4 Å². The predicted molar refractivity (Wildman–Crippen MR) is 123 cm³/mol. The summed E-state index contributed by atoms with van der Waals surface area (Å²) < 4.78 is 29.3. The monoisotopic (exact) mass is 472 g/mol. The highest BCUT2D eigenvalue weighted by atomic mass is 32.2. The van der Waals surface area contributed by atoms with Gasteiger partial charge in [0.15, 0.2) is 4.96 Å². The molecule has 1 amide bonds. The molecular weight excluding hydrogens is 452 g/mol. The molecule has 1 aliphatic rings. The number of thiophene rings is 1. The van der Waals surface area contributed by atoms with Crippen molar-refractivity contribution in [2.24, 2.45) is 5.92 Å². The molecule has 1 atom stereocenters. The zero-order valence-corrected chi connectivity index (χ0v) is 18.9. The van der Waals surface area contributed by atoms with Crippen molar-refractivity contribution in [2.75, 3.05) is 18.4 Å². The van der Waals surface area contributed by atoms with Crippen molar-refractivity contribution in [1.82, 2.24) is 13.7 Å². The molecule has 0 radical (unpaired) electrons. The molecule has 3 aromatic heterocycles. The number of carbonyl (C=O) groups is 1. The highest BCUT2D eigenvalue weighted by Crippen LogP contribution is 2.28. The standard InChI is InChI=1S/C21H20N4O3S3/c26-20(16-3-1-9-25(13-16)31(27,28)19-4-2-11-29-19)22-17-7-5-15(6-8-17)18-14-24-10-12-30-21(24)23-18/h2,4-8,10-12,14,16H,1,3,9,13H2,(H,22,26). The first-order valence-corrected chi connectivity index (χ1v) is 13.1. The lowest BCUT2D eigenvalue weighted by molar-refractivity contribution is -0.120. The van der Waals surface area contributed by atoms with E-state index in [1.54, 1.807) is 28.8 Å². The van der Waals surface area contributed by atoms with Crippen LogP contribution in [0.25, 0.3) is 16.2 Å². The molecule has 1 N–H and O–H groups in total. The van der Waals surface area contributed by atoms with E-state index in [-0.39, 0.29) is 18.4 Å². The van der Waals surface area contributed by atoms with Gasteiger partial charge in [-0.25, -0.2) is 13.4 Å². The number of nitrogens with zero attached hydrogens (tertiary/aromatic N) is 3. The molecule has 1 saturated heterocycles. The molecule has 1 aromatic carbocycles. The molecule has 0 aliphatic carbocycles. The van der Waals surface area contributed by atoms with Crippen LogP contribution >= 0.6 is 22.7 Å². The minimum atomic E-state index is -3.54. The molecular formula is C21H20N4O3S3. The van der Waals surface area contributed by atoms with Crippen LogP contribution in [0.15, 0.2) is 63.8 Å². The second-order valence-corrected chi connectivity index (χ2v) is 11.4. The molecule has 0 bridgehead atoms. The predicted octanol–water partition coefficient (Wildman–Crippen LogP) is 4.16. The van der Waals surface area contributed by atoms with Crippen LogP contribution in [0.3, 0.4) is 0 Å². The molecule has 1 fully saturated rings. The van der Waals surface area contributed by atoms with Gasteiger partial charge >= 0.3 is 0 Å². The summed E-state index contributed by atoms with van der Waals surface area (Å²) in [5.74, 6) is -0.524. The summed E-state index contributed by atoms with van der Waals surface area (Å²) in [5, 5.41) is 6.67. The number of anilines is 1. The number of piperidine rings is 1. The lowest BCUT2D eigenvalue weighted by Gasteiger charge is -2.30. The van der Waals surface area contributed by atoms with Gasteiger partial charge in [0.05, 0.1) is 11.6 Å². The summed E-state index contributed by atoms with van der Waals surface area (Å²) in [6.45, 7) is 0.649. The molecule has 0 spiro atoms. The summed E-state index contributed by atoms with van der Waals surface area (Å²) in [6, 6.07) is 10.9. The second kappa shape index (κ2) is 8.19. The van der Waals surface area contributed by atoms with Crippen molar-refractivity contribution in [3.8, 4) is 11.3 Å².